The van der Waals surface area contributed by atoms with Crippen molar-refractivity contribution in [2.24, 2.45) is 11.8 Å². The minimum absolute atomic E-state index is 0.254. The number of carbonyl (C=O) groups is 1. The van der Waals surface area contributed by atoms with Gasteiger partial charge in [0.25, 0.3) is 0 Å². The largest absolute Gasteiger partial charge is 0.480 e. The number of ether oxygens (including phenoxy) is 1. The van der Waals surface area contributed by atoms with Crippen LogP contribution in [0.5, 0.6) is 0 Å². The highest BCUT2D eigenvalue weighted by Gasteiger charge is 2.51. The number of hydrogen-bond acceptors (Lipinski definition) is 3. The van der Waals surface area contributed by atoms with Crippen LogP contribution in [0.1, 0.15) is 32.6 Å². The van der Waals surface area contributed by atoms with Crippen molar-refractivity contribution in [2.75, 3.05) is 19.8 Å². The Hall–Kier alpha value is -0.610. The summed E-state index contributed by atoms with van der Waals surface area (Å²) in [6.45, 7) is 3.67. The molecule has 0 radical (unpaired) electrons. The summed E-state index contributed by atoms with van der Waals surface area (Å²) in [6, 6.07) is 0. The van der Waals surface area contributed by atoms with E-state index in [0.29, 0.717) is 19.1 Å². The van der Waals surface area contributed by atoms with Crippen molar-refractivity contribution in [3.8, 4) is 0 Å². The molecule has 0 amide bonds. The van der Waals surface area contributed by atoms with Crippen LogP contribution in [0.25, 0.3) is 0 Å². The van der Waals surface area contributed by atoms with Crippen LogP contribution in [0.2, 0.25) is 0 Å². The van der Waals surface area contributed by atoms with E-state index in [1.165, 1.54) is 12.8 Å². The lowest BCUT2D eigenvalue weighted by atomic mass is 9.94. The molecule has 4 heteroatoms. The van der Waals surface area contributed by atoms with Gasteiger partial charge in [0.05, 0.1) is 6.61 Å². The van der Waals surface area contributed by atoms with Crippen molar-refractivity contribution in [1.29, 1.82) is 0 Å². The molecule has 2 aliphatic carbocycles. The number of carboxylic acid groups (broad SMARTS) is 1. The van der Waals surface area contributed by atoms with Crippen molar-refractivity contribution in [1.82, 2.24) is 5.32 Å². The van der Waals surface area contributed by atoms with Crippen molar-refractivity contribution in [2.45, 2.75) is 38.1 Å². The molecule has 0 bridgehead atoms. The zero-order chi connectivity index (χ0) is 11.6. The molecule has 2 aliphatic rings. The Morgan fingerprint density at radius 3 is 2.56 bits per heavy atom. The number of hydrogen-bond donors (Lipinski definition) is 2. The third kappa shape index (κ3) is 2.55. The average molecular weight is 227 g/mol. The second-order valence-corrected chi connectivity index (χ2v) is 5.04. The highest BCUT2D eigenvalue weighted by atomic mass is 16.5. The maximum atomic E-state index is 11.4. The van der Waals surface area contributed by atoms with Gasteiger partial charge in [-0.15, -0.1) is 0 Å². The number of likely N-dealkylation sites (N-methyl/N-ethyl adjacent to an activating group) is 1. The maximum Gasteiger partial charge on any atom is 0.326 e. The summed E-state index contributed by atoms with van der Waals surface area (Å²) in [4.78, 5) is 11.4. The SMILES string of the molecule is CCNC(COCC1CC1)(C(=O)O)C1CC1. The van der Waals surface area contributed by atoms with Crippen LogP contribution >= 0.6 is 0 Å². The molecule has 0 saturated heterocycles. The summed E-state index contributed by atoms with van der Waals surface area (Å²) in [5.74, 6) is 0.184. The first-order valence-corrected chi connectivity index (χ1v) is 6.25. The van der Waals surface area contributed by atoms with Gasteiger partial charge in [-0.1, -0.05) is 6.92 Å². The van der Waals surface area contributed by atoms with Crippen molar-refractivity contribution >= 4 is 5.97 Å². The van der Waals surface area contributed by atoms with Crippen LogP contribution in [-0.2, 0) is 9.53 Å². The molecule has 1 unspecified atom stereocenters. The molecule has 0 heterocycles. The van der Waals surface area contributed by atoms with E-state index in [9.17, 15) is 9.90 Å². The van der Waals surface area contributed by atoms with Gasteiger partial charge in [0, 0.05) is 6.61 Å². The fourth-order valence-corrected chi connectivity index (χ4v) is 2.19. The Morgan fingerprint density at radius 1 is 1.44 bits per heavy atom. The smallest absolute Gasteiger partial charge is 0.326 e. The minimum atomic E-state index is -0.830. The predicted octanol–water partition coefficient (Wildman–Crippen LogP) is 1.26. The highest BCUT2D eigenvalue weighted by Crippen LogP contribution is 2.40. The minimum Gasteiger partial charge on any atom is -0.480 e. The highest BCUT2D eigenvalue weighted by molar-refractivity contribution is 5.80. The summed E-state index contributed by atoms with van der Waals surface area (Å²) in [5, 5.41) is 12.5. The topological polar surface area (TPSA) is 58.6 Å². The Labute approximate surface area is 96.4 Å². The van der Waals surface area contributed by atoms with Gasteiger partial charge in [-0.25, -0.2) is 0 Å². The van der Waals surface area contributed by atoms with Crippen LogP contribution in [-0.4, -0.2) is 36.4 Å². The van der Waals surface area contributed by atoms with E-state index in [1.807, 2.05) is 6.92 Å². The molecule has 92 valence electrons. The second-order valence-electron chi connectivity index (χ2n) is 5.04. The molecule has 2 fully saturated rings. The van der Waals surface area contributed by atoms with Crippen LogP contribution < -0.4 is 5.32 Å². The molecule has 0 spiro atoms. The van der Waals surface area contributed by atoms with Gasteiger partial charge < -0.3 is 9.84 Å². The zero-order valence-electron chi connectivity index (χ0n) is 9.87. The summed E-state index contributed by atoms with van der Waals surface area (Å²) < 4.78 is 5.59. The monoisotopic (exact) mass is 227 g/mol. The first-order chi connectivity index (χ1) is 7.69. The van der Waals surface area contributed by atoms with Gasteiger partial charge in [-0.2, -0.15) is 0 Å². The van der Waals surface area contributed by atoms with Crippen molar-refractivity contribution in [3.05, 3.63) is 0 Å². The summed E-state index contributed by atoms with van der Waals surface area (Å²) in [5.41, 5.74) is -0.830. The van der Waals surface area contributed by atoms with E-state index >= 15 is 0 Å². The molecule has 0 aliphatic heterocycles. The van der Waals surface area contributed by atoms with Crippen LogP contribution in [0.3, 0.4) is 0 Å². The average Bonchev–Trinajstić information content (AvgIpc) is 3.09. The van der Waals surface area contributed by atoms with Gasteiger partial charge >= 0.3 is 5.97 Å². The second kappa shape index (κ2) is 4.72. The lowest BCUT2D eigenvalue weighted by molar-refractivity contribution is -0.149. The Bertz CT molecular complexity index is 261. The van der Waals surface area contributed by atoms with E-state index in [2.05, 4.69) is 5.32 Å². The maximum absolute atomic E-state index is 11.4. The Kier molecular flexibility index (Phi) is 3.50. The molecule has 2 saturated carbocycles. The molecule has 2 N–H and O–H groups in total. The first-order valence-electron chi connectivity index (χ1n) is 6.25. The van der Waals surface area contributed by atoms with Gasteiger partial charge in [0.15, 0.2) is 0 Å². The summed E-state index contributed by atoms with van der Waals surface area (Å²) in [6.07, 6.45) is 4.49. The van der Waals surface area contributed by atoms with E-state index in [-0.39, 0.29) is 5.92 Å². The number of carboxylic acids is 1. The standard InChI is InChI=1S/C12H21NO3/c1-2-13-12(11(14)15,10-5-6-10)8-16-7-9-3-4-9/h9-10,13H,2-8H2,1H3,(H,14,15). The molecule has 0 aromatic heterocycles. The number of rotatable bonds is 8. The van der Waals surface area contributed by atoms with Gasteiger partial charge in [0.1, 0.15) is 5.54 Å². The molecule has 0 aromatic carbocycles. The van der Waals surface area contributed by atoms with Crippen LogP contribution in [0, 0.1) is 11.8 Å². The van der Waals surface area contributed by atoms with Gasteiger partial charge in [-0.05, 0) is 44.1 Å². The van der Waals surface area contributed by atoms with Gasteiger partial charge in [-0.3, -0.25) is 10.1 Å². The quantitative estimate of drug-likeness (QED) is 0.655. The molecule has 0 aromatic rings. The van der Waals surface area contributed by atoms with Crippen LogP contribution in [0.15, 0.2) is 0 Å². The number of nitrogens with one attached hydrogen (secondary N) is 1. The van der Waals surface area contributed by atoms with E-state index < -0.39 is 11.5 Å². The molecule has 1 atom stereocenters. The van der Waals surface area contributed by atoms with E-state index in [1.54, 1.807) is 0 Å². The zero-order valence-corrected chi connectivity index (χ0v) is 9.87. The molecular weight excluding hydrogens is 206 g/mol. The van der Waals surface area contributed by atoms with Crippen molar-refractivity contribution < 1.29 is 14.6 Å². The lowest BCUT2D eigenvalue weighted by Crippen LogP contribution is -2.57. The fourth-order valence-electron chi connectivity index (χ4n) is 2.19. The first kappa shape index (κ1) is 11.9. The molecule has 4 nitrogen and oxygen atoms in total. The van der Waals surface area contributed by atoms with Gasteiger partial charge in [0.2, 0.25) is 0 Å². The summed E-state index contributed by atoms with van der Waals surface area (Å²) >= 11 is 0. The fraction of sp³-hybridized carbons (Fsp3) is 0.917. The molecule has 16 heavy (non-hydrogen) atoms. The third-order valence-electron chi connectivity index (χ3n) is 3.53. The normalized spacial score (nSPS) is 24.1. The Morgan fingerprint density at radius 2 is 2.12 bits per heavy atom. The van der Waals surface area contributed by atoms with E-state index in [0.717, 1.165) is 19.4 Å². The van der Waals surface area contributed by atoms with Crippen molar-refractivity contribution in [3.63, 3.8) is 0 Å². The third-order valence-corrected chi connectivity index (χ3v) is 3.53. The predicted molar refractivity (Wildman–Crippen MR) is 60.3 cm³/mol. The molecular formula is C12H21NO3. The summed E-state index contributed by atoms with van der Waals surface area (Å²) in [7, 11) is 0. The van der Waals surface area contributed by atoms with E-state index in [4.69, 9.17) is 4.74 Å². The lowest BCUT2D eigenvalue weighted by Gasteiger charge is -2.30. The Balaban J connectivity index is 1.90. The molecule has 2 rings (SSSR count). The number of aliphatic carboxylic acids is 1. The van der Waals surface area contributed by atoms with Crippen LogP contribution in [0.4, 0.5) is 0 Å².